The number of ether oxygens (including phenoxy) is 1. The Morgan fingerprint density at radius 1 is 1.26 bits per heavy atom. The molecule has 0 aromatic heterocycles. The van der Waals surface area contributed by atoms with Crippen LogP contribution in [0.25, 0.3) is 0 Å². The molecule has 0 radical (unpaired) electrons. The molecule has 1 aromatic carbocycles. The average Bonchev–Trinajstić information content (AvgIpc) is 2.80. The topological polar surface area (TPSA) is 105 Å². The van der Waals surface area contributed by atoms with Crippen LogP contribution in [0.4, 0.5) is 5.69 Å². The van der Waals surface area contributed by atoms with Crippen LogP contribution in [-0.2, 0) is 16.2 Å². The first kappa shape index (κ1) is 31.5. The predicted molar refractivity (Wildman–Crippen MR) is 141 cm³/mol. The summed E-state index contributed by atoms with van der Waals surface area (Å²) in [6.07, 6.45) is 9.70. The van der Waals surface area contributed by atoms with E-state index in [0.29, 0.717) is 23.9 Å². The van der Waals surface area contributed by atoms with Crippen molar-refractivity contribution in [2.24, 2.45) is 11.7 Å². The molecule has 1 atom stereocenters. The van der Waals surface area contributed by atoms with Crippen molar-refractivity contribution < 1.29 is 19.4 Å². The summed E-state index contributed by atoms with van der Waals surface area (Å²) < 4.78 is 5.27. The number of carbonyl (C=O) groups excluding carboxylic acids is 2. The van der Waals surface area contributed by atoms with Crippen molar-refractivity contribution in [3.05, 3.63) is 47.6 Å². The van der Waals surface area contributed by atoms with Gasteiger partial charge in [0.2, 0.25) is 0 Å². The minimum atomic E-state index is -0.0453. The Bertz CT molecular complexity index is 752. The highest BCUT2D eigenvalue weighted by atomic mass is 16.5. The minimum absolute atomic E-state index is 0.0137. The zero-order chi connectivity index (χ0) is 25.9. The molecule has 1 unspecified atom stereocenters. The van der Waals surface area contributed by atoms with Crippen LogP contribution >= 0.6 is 0 Å². The van der Waals surface area contributed by atoms with E-state index in [1.165, 1.54) is 0 Å². The van der Waals surface area contributed by atoms with Crippen molar-refractivity contribution >= 4 is 18.3 Å². The number of benzene rings is 1. The Morgan fingerprint density at radius 3 is 2.29 bits per heavy atom. The fourth-order valence-electron chi connectivity index (χ4n) is 3.48. The molecule has 0 amide bonds. The van der Waals surface area contributed by atoms with Gasteiger partial charge in [-0.25, -0.2) is 0 Å². The van der Waals surface area contributed by atoms with Crippen LogP contribution in [0.2, 0.25) is 0 Å². The molecule has 0 bridgehead atoms. The fraction of sp³-hybridized carbons (Fsp3) is 0.556. The van der Waals surface area contributed by atoms with Crippen molar-refractivity contribution in [2.75, 3.05) is 32.1 Å². The molecule has 0 saturated carbocycles. The second-order valence-corrected chi connectivity index (χ2v) is 8.69. The molecular weight excluding hydrogens is 430 g/mol. The van der Waals surface area contributed by atoms with Crippen LogP contribution in [0, 0.1) is 5.92 Å². The third-order valence-corrected chi connectivity index (χ3v) is 5.08. The lowest BCUT2D eigenvalue weighted by atomic mass is 10.0. The second-order valence-electron chi connectivity index (χ2n) is 8.69. The number of hydrogen-bond acceptors (Lipinski definition) is 7. The number of likely N-dealkylation sites (tertiary alicyclic amines) is 1. The number of hydrogen-bond donors (Lipinski definition) is 3. The van der Waals surface area contributed by atoms with Gasteiger partial charge in [0.1, 0.15) is 18.3 Å². The van der Waals surface area contributed by atoms with Crippen LogP contribution in [0.15, 0.2) is 42.0 Å². The van der Waals surface area contributed by atoms with Gasteiger partial charge in [-0.15, -0.1) is 0 Å². The number of nitrogens with one attached hydrogen (secondary N) is 1. The van der Waals surface area contributed by atoms with Crippen molar-refractivity contribution in [1.29, 1.82) is 0 Å². The third kappa shape index (κ3) is 13.9. The lowest BCUT2D eigenvalue weighted by Gasteiger charge is -2.32. The molecule has 7 heteroatoms. The number of rotatable bonds is 9. The van der Waals surface area contributed by atoms with Gasteiger partial charge in [-0.2, -0.15) is 0 Å². The summed E-state index contributed by atoms with van der Waals surface area (Å²) in [6, 6.07) is 6.09. The van der Waals surface area contributed by atoms with E-state index < -0.39 is 0 Å². The van der Waals surface area contributed by atoms with Crippen LogP contribution in [0.5, 0.6) is 5.75 Å². The second kappa shape index (κ2) is 18.9. The summed E-state index contributed by atoms with van der Waals surface area (Å²) in [5.41, 5.74) is 7.76. The van der Waals surface area contributed by atoms with Crippen LogP contribution < -0.4 is 15.8 Å². The number of anilines is 1. The molecule has 7 nitrogen and oxygen atoms in total. The summed E-state index contributed by atoms with van der Waals surface area (Å²) in [7, 11) is 1.61. The number of piperidine rings is 1. The van der Waals surface area contributed by atoms with Gasteiger partial charge in [0.25, 0.3) is 0 Å². The van der Waals surface area contributed by atoms with Gasteiger partial charge in [-0.05, 0) is 57.2 Å². The third-order valence-electron chi connectivity index (χ3n) is 5.08. The van der Waals surface area contributed by atoms with Gasteiger partial charge in [0.05, 0.1) is 20.3 Å². The molecule has 34 heavy (non-hydrogen) atoms. The molecule has 0 aliphatic carbocycles. The van der Waals surface area contributed by atoms with Crippen LogP contribution in [0.1, 0.15) is 53.0 Å². The van der Waals surface area contributed by atoms with Crippen molar-refractivity contribution in [2.45, 2.75) is 66.2 Å². The summed E-state index contributed by atoms with van der Waals surface area (Å²) in [4.78, 5) is 22.6. The number of aliphatic hydroxyl groups is 1. The Hall–Kier alpha value is -2.48. The van der Waals surface area contributed by atoms with Crippen LogP contribution in [0.3, 0.4) is 0 Å². The molecule has 2 rings (SSSR count). The first-order chi connectivity index (χ1) is 16.2. The molecule has 192 valence electrons. The Kier molecular flexibility index (Phi) is 17.5. The molecule has 1 aliphatic rings. The van der Waals surface area contributed by atoms with E-state index in [1.54, 1.807) is 20.1 Å². The van der Waals surface area contributed by atoms with Crippen molar-refractivity contribution in [3.8, 4) is 5.75 Å². The zero-order valence-corrected chi connectivity index (χ0v) is 21.8. The number of nitrogens with zero attached hydrogens (tertiary/aromatic N) is 1. The minimum Gasteiger partial charge on any atom is -0.496 e. The monoisotopic (exact) mass is 475 g/mol. The lowest BCUT2D eigenvalue weighted by molar-refractivity contribution is -0.109. The van der Waals surface area contributed by atoms with Gasteiger partial charge in [0, 0.05) is 36.4 Å². The van der Waals surface area contributed by atoms with Crippen molar-refractivity contribution in [1.82, 2.24) is 4.90 Å². The molecule has 1 heterocycles. The lowest BCUT2D eigenvalue weighted by Crippen LogP contribution is -2.40. The van der Waals surface area contributed by atoms with E-state index in [4.69, 9.17) is 10.5 Å². The van der Waals surface area contributed by atoms with E-state index in [9.17, 15) is 14.7 Å². The number of nitrogens with two attached hydrogens (primary N) is 1. The van der Waals surface area contributed by atoms with Gasteiger partial charge in [-0.3, -0.25) is 9.69 Å². The average molecular weight is 476 g/mol. The normalized spacial score (nSPS) is 15.6. The maximum Gasteiger partial charge on any atom is 0.145 e. The molecule has 1 fully saturated rings. The number of methoxy groups -OCH3 is 1. The molecule has 1 saturated heterocycles. The molecule has 1 aliphatic heterocycles. The molecule has 4 N–H and O–H groups in total. The Labute approximate surface area is 206 Å². The van der Waals surface area contributed by atoms with E-state index in [2.05, 4.69) is 36.2 Å². The quantitative estimate of drug-likeness (QED) is 0.282. The van der Waals surface area contributed by atoms with Gasteiger partial charge >= 0.3 is 0 Å². The predicted octanol–water partition coefficient (Wildman–Crippen LogP) is 3.96. The number of allylic oxidation sites excluding steroid dienone is 3. The standard InChI is InChI=1S/C15H22N2O3.C6H11NO.C6H12/c1-20-15-4-2-3-14(13(15)11-19)16-12-5-7-17(8-6-12)9-10-18;1-5(4-8)3-6(2)7;1-4-5-6(2)3/h2-4,10,12,16,19H,5-9,11H2,1H3;3-4,6H,7H2,1-2H3;4-6H,1-3H3/b;5-3+;5-4-. The summed E-state index contributed by atoms with van der Waals surface area (Å²) in [5.74, 6) is 1.42. The maximum absolute atomic E-state index is 10.5. The SMILES string of the molecule is C/C(C=O)=C\C(C)N.C/C=C\C(C)C.COc1cccc(NC2CCN(CC=O)CC2)c1CO. The fourth-order valence-corrected chi connectivity index (χ4v) is 3.48. The van der Waals surface area contributed by atoms with Crippen LogP contribution in [-0.4, -0.2) is 61.4 Å². The van der Waals surface area contributed by atoms with Gasteiger partial charge in [0.15, 0.2) is 0 Å². The van der Waals surface area contributed by atoms with E-state index >= 15 is 0 Å². The number of aliphatic hydroxyl groups excluding tert-OH is 1. The van der Waals surface area contributed by atoms with E-state index in [-0.39, 0.29) is 12.6 Å². The largest absolute Gasteiger partial charge is 0.496 e. The number of carbonyl (C=O) groups is 2. The first-order valence-electron chi connectivity index (χ1n) is 11.9. The van der Waals surface area contributed by atoms with Gasteiger partial charge in [-0.1, -0.05) is 38.1 Å². The summed E-state index contributed by atoms with van der Waals surface area (Å²) in [5, 5.41) is 13.0. The highest BCUT2D eigenvalue weighted by molar-refractivity contribution is 5.72. The summed E-state index contributed by atoms with van der Waals surface area (Å²) in [6.45, 7) is 12.3. The maximum atomic E-state index is 10.5. The number of aldehydes is 2. The Morgan fingerprint density at radius 2 is 1.91 bits per heavy atom. The highest BCUT2D eigenvalue weighted by Crippen LogP contribution is 2.28. The Balaban J connectivity index is 0.000000643. The van der Waals surface area contributed by atoms with E-state index in [0.717, 1.165) is 55.7 Å². The summed E-state index contributed by atoms with van der Waals surface area (Å²) >= 11 is 0. The smallest absolute Gasteiger partial charge is 0.145 e. The molecule has 1 aromatic rings. The van der Waals surface area contributed by atoms with E-state index in [1.807, 2.05) is 32.0 Å². The first-order valence-corrected chi connectivity index (χ1v) is 11.9. The highest BCUT2D eigenvalue weighted by Gasteiger charge is 2.20. The van der Waals surface area contributed by atoms with Crippen molar-refractivity contribution in [3.63, 3.8) is 0 Å². The molecular formula is C27H45N3O4. The zero-order valence-electron chi connectivity index (χ0n) is 21.8. The van der Waals surface area contributed by atoms with Gasteiger partial charge < -0.3 is 25.7 Å². The molecule has 0 spiro atoms.